The highest BCUT2D eigenvalue weighted by Crippen LogP contribution is 2.54. The van der Waals surface area contributed by atoms with Gasteiger partial charge in [-0.1, -0.05) is 35.9 Å². The van der Waals surface area contributed by atoms with Crippen molar-refractivity contribution < 1.29 is 71.3 Å². The standard InChI is InChI=1S/C21H11ClF13NO3/c22-13-7-4-11(5-8-13)6-9-15(37)36-14-3-1-2-12(10-14)16(23,24)18(27,28)38-19(29,30)17(25,26)20(31,32)39-21(33,34)35/h1-10H,(H,36,37)/b9-6+. The van der Waals surface area contributed by atoms with E-state index in [1.54, 1.807) is 0 Å². The lowest BCUT2D eigenvalue weighted by atomic mass is 10.1. The first-order valence-electron chi connectivity index (χ1n) is 9.72. The van der Waals surface area contributed by atoms with Gasteiger partial charge >= 0.3 is 36.5 Å². The highest BCUT2D eigenvalue weighted by molar-refractivity contribution is 6.30. The molecule has 0 unspecified atom stereocenters. The zero-order valence-electron chi connectivity index (χ0n) is 18.3. The lowest BCUT2D eigenvalue weighted by Crippen LogP contribution is -2.61. The first-order chi connectivity index (χ1) is 17.5. The summed E-state index contributed by atoms with van der Waals surface area (Å²) in [7, 11) is 0. The molecule has 2 aromatic rings. The molecule has 0 fully saturated rings. The summed E-state index contributed by atoms with van der Waals surface area (Å²) in [4.78, 5) is 12.0. The van der Waals surface area contributed by atoms with Crippen LogP contribution in [0.5, 0.6) is 0 Å². The maximum absolute atomic E-state index is 14.3. The molecule has 1 N–H and O–H groups in total. The van der Waals surface area contributed by atoms with Gasteiger partial charge in [-0.3, -0.25) is 4.79 Å². The van der Waals surface area contributed by atoms with Gasteiger partial charge < -0.3 is 5.32 Å². The van der Waals surface area contributed by atoms with Crippen molar-refractivity contribution in [1.82, 2.24) is 0 Å². The second-order valence-corrected chi connectivity index (χ2v) is 7.74. The molecule has 0 bridgehead atoms. The molecule has 2 aromatic carbocycles. The van der Waals surface area contributed by atoms with Crippen LogP contribution in [0.2, 0.25) is 5.02 Å². The first-order valence-corrected chi connectivity index (χ1v) is 10.1. The molecule has 0 saturated carbocycles. The minimum Gasteiger partial charge on any atom is -0.322 e. The van der Waals surface area contributed by atoms with Crippen LogP contribution in [0.15, 0.2) is 54.6 Å². The third-order valence-corrected chi connectivity index (χ3v) is 4.64. The Morgan fingerprint density at radius 3 is 1.82 bits per heavy atom. The van der Waals surface area contributed by atoms with Crippen molar-refractivity contribution in [3.8, 4) is 0 Å². The molecule has 0 heterocycles. The Balaban J connectivity index is 2.26. The Labute approximate surface area is 213 Å². The van der Waals surface area contributed by atoms with Gasteiger partial charge in [0.05, 0.1) is 0 Å². The Morgan fingerprint density at radius 2 is 1.28 bits per heavy atom. The molecule has 39 heavy (non-hydrogen) atoms. The summed E-state index contributed by atoms with van der Waals surface area (Å²) < 4.78 is 176. The smallest absolute Gasteiger partial charge is 0.322 e. The first kappa shape index (κ1) is 32.2. The van der Waals surface area contributed by atoms with Crippen LogP contribution in [0.3, 0.4) is 0 Å². The van der Waals surface area contributed by atoms with E-state index in [4.69, 9.17) is 11.6 Å². The molecule has 1 amide bonds. The number of halogens is 14. The molecule has 4 nitrogen and oxygen atoms in total. The molecule has 0 radical (unpaired) electrons. The molecule has 0 aliphatic carbocycles. The summed E-state index contributed by atoms with van der Waals surface area (Å²) in [5.74, 6) is -14.5. The molecule has 0 aliphatic rings. The van der Waals surface area contributed by atoms with Crippen LogP contribution in [0, 0.1) is 0 Å². The SMILES string of the molecule is O=C(/C=C/c1ccc(Cl)cc1)Nc1cccc(C(F)(F)C(F)(F)OC(F)(F)C(F)(F)C(F)(F)OC(F)(F)F)c1. The summed E-state index contributed by atoms with van der Waals surface area (Å²) in [6.07, 6.45) is -25.9. The molecule has 0 aliphatic heterocycles. The number of benzene rings is 2. The second-order valence-electron chi connectivity index (χ2n) is 7.30. The number of carbonyl (C=O) groups excluding carboxylic acids is 1. The third kappa shape index (κ3) is 7.54. The predicted molar refractivity (Wildman–Crippen MR) is 107 cm³/mol. The van der Waals surface area contributed by atoms with Crippen molar-refractivity contribution in [3.63, 3.8) is 0 Å². The van der Waals surface area contributed by atoms with Crippen molar-refractivity contribution >= 4 is 29.3 Å². The zero-order valence-corrected chi connectivity index (χ0v) is 19.0. The highest BCUT2D eigenvalue weighted by atomic mass is 35.5. The topological polar surface area (TPSA) is 47.6 Å². The fourth-order valence-electron chi connectivity index (χ4n) is 2.56. The summed E-state index contributed by atoms with van der Waals surface area (Å²) in [6, 6.07) is 7.49. The van der Waals surface area contributed by atoms with Crippen LogP contribution in [-0.4, -0.2) is 36.5 Å². The van der Waals surface area contributed by atoms with E-state index in [0.717, 1.165) is 12.1 Å². The van der Waals surface area contributed by atoms with E-state index in [-0.39, 0.29) is 12.1 Å². The number of amides is 1. The van der Waals surface area contributed by atoms with Crippen molar-refractivity contribution in [1.29, 1.82) is 0 Å². The Kier molecular flexibility index (Phi) is 8.94. The summed E-state index contributed by atoms with van der Waals surface area (Å²) >= 11 is 5.68. The van der Waals surface area contributed by atoms with E-state index in [0.29, 0.717) is 16.7 Å². The minimum atomic E-state index is -7.53. The lowest BCUT2D eigenvalue weighted by molar-refractivity contribution is -0.535. The minimum absolute atomic E-state index is 0.0724. The normalized spacial score (nSPS) is 14.1. The molecule has 0 spiro atoms. The summed E-state index contributed by atoms with van der Waals surface area (Å²) in [6.45, 7) is 0. The van der Waals surface area contributed by atoms with Gasteiger partial charge in [0.25, 0.3) is 0 Å². The van der Waals surface area contributed by atoms with Gasteiger partial charge in [0.15, 0.2) is 0 Å². The second kappa shape index (κ2) is 10.8. The van der Waals surface area contributed by atoms with Crippen LogP contribution in [0.4, 0.5) is 62.8 Å². The fraction of sp³-hybridized carbons (Fsp3) is 0.286. The Bertz CT molecular complexity index is 1200. The number of nitrogens with one attached hydrogen (secondary N) is 1. The van der Waals surface area contributed by atoms with Crippen molar-refractivity contribution in [2.75, 3.05) is 5.32 Å². The molecule has 2 rings (SSSR count). The third-order valence-electron chi connectivity index (χ3n) is 4.39. The van der Waals surface area contributed by atoms with Gasteiger partial charge in [-0.15, -0.1) is 13.2 Å². The molecule has 0 atom stereocenters. The van der Waals surface area contributed by atoms with E-state index in [2.05, 4.69) is 0 Å². The highest BCUT2D eigenvalue weighted by Gasteiger charge is 2.80. The van der Waals surface area contributed by atoms with Gasteiger partial charge in [-0.2, -0.15) is 43.9 Å². The predicted octanol–water partition coefficient (Wildman–Crippen LogP) is 8.05. The molecule has 0 saturated heterocycles. The van der Waals surface area contributed by atoms with E-state index in [1.807, 2.05) is 10.1 Å². The van der Waals surface area contributed by atoms with Gasteiger partial charge in [0, 0.05) is 22.3 Å². The number of rotatable bonds is 10. The summed E-state index contributed by atoms with van der Waals surface area (Å²) in [5, 5.41) is 2.30. The number of carbonyl (C=O) groups is 1. The Hall–Kier alpha value is -3.05. The van der Waals surface area contributed by atoms with Crippen LogP contribution in [0.25, 0.3) is 6.08 Å². The van der Waals surface area contributed by atoms with Crippen LogP contribution in [0.1, 0.15) is 11.1 Å². The average molecular weight is 608 g/mol. The van der Waals surface area contributed by atoms with E-state index in [9.17, 15) is 61.9 Å². The van der Waals surface area contributed by atoms with Gasteiger partial charge in [-0.05, 0) is 35.9 Å². The van der Waals surface area contributed by atoms with Crippen molar-refractivity contribution in [2.45, 2.75) is 36.5 Å². The molecular formula is C21H11ClF13NO3. The quantitative estimate of drug-likeness (QED) is 0.220. The summed E-state index contributed by atoms with van der Waals surface area (Å²) in [5.41, 5.74) is -2.17. The number of hydrogen-bond acceptors (Lipinski definition) is 3. The number of alkyl halides is 13. The maximum Gasteiger partial charge on any atom is 0.527 e. The molecule has 0 aromatic heterocycles. The van der Waals surface area contributed by atoms with Crippen molar-refractivity contribution in [2.24, 2.45) is 0 Å². The van der Waals surface area contributed by atoms with Gasteiger partial charge in [0.1, 0.15) is 0 Å². The monoisotopic (exact) mass is 607 g/mol. The molecule has 18 heteroatoms. The van der Waals surface area contributed by atoms with Gasteiger partial charge in [-0.25, -0.2) is 9.47 Å². The Morgan fingerprint density at radius 1 is 0.744 bits per heavy atom. The van der Waals surface area contributed by atoms with Crippen LogP contribution < -0.4 is 5.32 Å². The fourth-order valence-corrected chi connectivity index (χ4v) is 2.68. The van der Waals surface area contributed by atoms with E-state index >= 15 is 0 Å². The van der Waals surface area contributed by atoms with Crippen molar-refractivity contribution in [3.05, 3.63) is 70.8 Å². The maximum atomic E-state index is 14.3. The van der Waals surface area contributed by atoms with Gasteiger partial charge in [0.2, 0.25) is 5.91 Å². The molecular weight excluding hydrogens is 597 g/mol. The van der Waals surface area contributed by atoms with Crippen LogP contribution in [-0.2, 0) is 20.2 Å². The van der Waals surface area contributed by atoms with Crippen LogP contribution >= 0.6 is 11.6 Å². The zero-order chi connectivity index (χ0) is 30.1. The average Bonchev–Trinajstić information content (AvgIpc) is 2.76. The number of ether oxygens (including phenoxy) is 2. The van der Waals surface area contributed by atoms with E-state index in [1.165, 1.54) is 35.1 Å². The molecule has 216 valence electrons. The largest absolute Gasteiger partial charge is 0.527 e. The number of hydrogen-bond donors (Lipinski definition) is 1. The number of anilines is 1. The van der Waals surface area contributed by atoms with E-state index < -0.39 is 53.7 Å². The lowest BCUT2D eigenvalue weighted by Gasteiger charge is -2.35.